The number of phenolic OH excluding ortho intramolecular Hbond substituents is 1. The van der Waals surface area contributed by atoms with E-state index in [0.29, 0.717) is 6.61 Å². The summed E-state index contributed by atoms with van der Waals surface area (Å²) in [6.45, 7) is 8.40. The van der Waals surface area contributed by atoms with Crippen LogP contribution < -0.4 is 9.47 Å². The third kappa shape index (κ3) is 4.22. The Labute approximate surface area is 211 Å². The fourth-order valence-electron chi connectivity index (χ4n) is 5.47. The predicted molar refractivity (Wildman–Crippen MR) is 142 cm³/mol. The molecule has 3 heterocycles. The fraction of sp³-hybridized carbons (Fsp3) is 0.300. The van der Waals surface area contributed by atoms with Crippen LogP contribution in [0.2, 0.25) is 0 Å². The van der Waals surface area contributed by atoms with E-state index < -0.39 is 0 Å². The molecule has 6 heteroatoms. The first-order valence-corrected chi connectivity index (χ1v) is 12.7. The van der Waals surface area contributed by atoms with E-state index in [0.717, 1.165) is 75.8 Å². The maximum absolute atomic E-state index is 10.2. The fourth-order valence-corrected chi connectivity index (χ4v) is 5.47. The van der Waals surface area contributed by atoms with Crippen molar-refractivity contribution in [3.05, 3.63) is 83.6 Å². The summed E-state index contributed by atoms with van der Waals surface area (Å²) >= 11 is 0. The second kappa shape index (κ2) is 9.36. The Bertz CT molecular complexity index is 1420. The van der Waals surface area contributed by atoms with Crippen molar-refractivity contribution in [2.24, 2.45) is 5.92 Å². The first kappa shape index (κ1) is 22.7. The van der Waals surface area contributed by atoms with Gasteiger partial charge in [-0.2, -0.15) is 5.10 Å². The molecule has 0 amide bonds. The summed E-state index contributed by atoms with van der Waals surface area (Å²) in [6.07, 6.45) is 2.76. The minimum Gasteiger partial charge on any atom is -0.508 e. The van der Waals surface area contributed by atoms with Gasteiger partial charge in [0.2, 0.25) is 0 Å². The smallest absolute Gasteiger partial charge is 0.150 e. The molecule has 1 saturated heterocycles. The average Bonchev–Trinajstić information content (AvgIpc) is 3.53. The number of hydrogen-bond acceptors (Lipinski definition) is 5. The van der Waals surface area contributed by atoms with Gasteiger partial charge in [-0.25, -0.2) is 0 Å². The lowest BCUT2D eigenvalue weighted by Gasteiger charge is -2.31. The normalized spacial score (nSPS) is 19.9. The molecule has 0 bridgehead atoms. The molecule has 184 valence electrons. The number of hydrogen-bond donors (Lipinski definition) is 2. The number of aromatic hydroxyl groups is 1. The molecule has 6 nitrogen and oxygen atoms in total. The van der Waals surface area contributed by atoms with Crippen LogP contribution >= 0.6 is 0 Å². The Hall–Kier alpha value is -3.77. The number of fused-ring (bicyclic) bond motifs is 3. The van der Waals surface area contributed by atoms with Crippen LogP contribution in [0.3, 0.4) is 0 Å². The van der Waals surface area contributed by atoms with Crippen molar-refractivity contribution in [1.82, 2.24) is 15.1 Å². The molecule has 1 aromatic heterocycles. The number of ether oxygens (including phenoxy) is 2. The summed E-state index contributed by atoms with van der Waals surface area (Å²) in [7, 11) is 0. The summed E-state index contributed by atoms with van der Waals surface area (Å²) < 4.78 is 12.8. The Morgan fingerprint density at radius 1 is 1.14 bits per heavy atom. The van der Waals surface area contributed by atoms with Gasteiger partial charge in [-0.1, -0.05) is 31.2 Å². The van der Waals surface area contributed by atoms with Gasteiger partial charge in [-0.3, -0.25) is 10.00 Å². The van der Waals surface area contributed by atoms with E-state index in [1.807, 2.05) is 36.5 Å². The SMILES string of the molecule is CC1=C(c2cccc(O)c2)C(c2ccc(OCCN3CC[C@@H](C)C3)cc2)Oc2c1ccc1[nH]ncc21. The Kier molecular flexibility index (Phi) is 5.89. The minimum absolute atomic E-state index is 0.235. The molecule has 0 saturated carbocycles. The van der Waals surface area contributed by atoms with Crippen LogP contribution in [0, 0.1) is 5.92 Å². The highest BCUT2D eigenvalue weighted by atomic mass is 16.5. The molecule has 2 N–H and O–H groups in total. The molecule has 6 rings (SSSR count). The highest BCUT2D eigenvalue weighted by molar-refractivity contribution is 6.00. The lowest BCUT2D eigenvalue weighted by molar-refractivity contribution is 0.233. The summed E-state index contributed by atoms with van der Waals surface area (Å²) in [4.78, 5) is 2.47. The number of allylic oxidation sites excluding steroid dienone is 1. The molecule has 1 fully saturated rings. The van der Waals surface area contributed by atoms with Gasteiger partial charge in [-0.15, -0.1) is 0 Å². The number of rotatable bonds is 6. The second-order valence-corrected chi connectivity index (χ2v) is 9.97. The first-order chi connectivity index (χ1) is 17.6. The van der Waals surface area contributed by atoms with Crippen molar-refractivity contribution < 1.29 is 14.6 Å². The zero-order valence-electron chi connectivity index (χ0n) is 20.7. The van der Waals surface area contributed by atoms with Crippen LogP contribution in [-0.2, 0) is 0 Å². The van der Waals surface area contributed by atoms with Crippen molar-refractivity contribution in [2.75, 3.05) is 26.2 Å². The number of likely N-dealkylation sites (tertiary alicyclic amines) is 1. The van der Waals surface area contributed by atoms with Crippen LogP contribution in [0.4, 0.5) is 0 Å². The summed E-state index contributed by atoms with van der Waals surface area (Å²) in [6, 6.07) is 19.7. The molecule has 2 aliphatic rings. The summed E-state index contributed by atoms with van der Waals surface area (Å²) in [5.41, 5.74) is 6.11. The van der Waals surface area contributed by atoms with Crippen LogP contribution in [0.25, 0.3) is 22.0 Å². The van der Waals surface area contributed by atoms with Crippen LogP contribution in [0.5, 0.6) is 17.2 Å². The van der Waals surface area contributed by atoms with E-state index in [-0.39, 0.29) is 11.9 Å². The number of nitrogens with zero attached hydrogens (tertiary/aromatic N) is 2. The van der Waals surface area contributed by atoms with Crippen molar-refractivity contribution >= 4 is 22.0 Å². The van der Waals surface area contributed by atoms with Gasteiger partial charge in [0, 0.05) is 24.2 Å². The van der Waals surface area contributed by atoms with E-state index >= 15 is 0 Å². The third-order valence-electron chi connectivity index (χ3n) is 7.40. The molecular weight excluding hydrogens is 450 g/mol. The van der Waals surface area contributed by atoms with E-state index in [1.165, 1.54) is 6.42 Å². The number of benzene rings is 3. The Balaban J connectivity index is 1.31. The van der Waals surface area contributed by atoms with Gasteiger partial charge < -0.3 is 14.6 Å². The van der Waals surface area contributed by atoms with Crippen molar-refractivity contribution in [3.63, 3.8) is 0 Å². The molecule has 2 atom stereocenters. The molecule has 1 unspecified atom stereocenters. The Morgan fingerprint density at radius 3 is 2.78 bits per heavy atom. The average molecular weight is 482 g/mol. The molecule has 0 spiro atoms. The van der Waals surface area contributed by atoms with Gasteiger partial charge in [-0.05, 0) is 78.9 Å². The highest BCUT2D eigenvalue weighted by Crippen LogP contribution is 2.49. The van der Waals surface area contributed by atoms with Gasteiger partial charge in [0.05, 0.1) is 17.1 Å². The van der Waals surface area contributed by atoms with Crippen LogP contribution in [-0.4, -0.2) is 46.4 Å². The number of nitrogens with one attached hydrogen (secondary N) is 1. The summed E-state index contributed by atoms with van der Waals surface area (Å²) in [5, 5.41) is 18.4. The monoisotopic (exact) mass is 481 g/mol. The third-order valence-corrected chi connectivity index (χ3v) is 7.40. The van der Waals surface area contributed by atoms with Crippen molar-refractivity contribution in [2.45, 2.75) is 26.4 Å². The van der Waals surface area contributed by atoms with Gasteiger partial charge in [0.25, 0.3) is 0 Å². The lowest BCUT2D eigenvalue weighted by atomic mass is 9.85. The van der Waals surface area contributed by atoms with E-state index in [4.69, 9.17) is 9.47 Å². The minimum atomic E-state index is -0.333. The molecule has 4 aromatic rings. The van der Waals surface area contributed by atoms with E-state index in [2.05, 4.69) is 47.1 Å². The van der Waals surface area contributed by atoms with Gasteiger partial charge >= 0.3 is 0 Å². The number of H-pyrrole nitrogens is 1. The molecule has 2 aliphatic heterocycles. The molecule has 36 heavy (non-hydrogen) atoms. The van der Waals surface area contributed by atoms with Gasteiger partial charge in [0.1, 0.15) is 30.0 Å². The Morgan fingerprint density at radius 2 is 2.00 bits per heavy atom. The van der Waals surface area contributed by atoms with E-state index in [1.54, 1.807) is 12.1 Å². The number of aromatic amines is 1. The van der Waals surface area contributed by atoms with Crippen LogP contribution in [0.15, 0.2) is 66.9 Å². The standard InChI is InChI=1S/C30H31N3O3/c1-19-12-13-33(18-19)14-15-35-24-8-6-21(7-9-24)29-28(22-4-3-5-23(34)16-22)20(2)25-10-11-27-26(17-31-32-27)30(25)36-29/h3-11,16-17,19,29,34H,12-15,18H2,1-2H3,(H,31,32)/t19-,29?/m1/s1. The largest absolute Gasteiger partial charge is 0.508 e. The summed E-state index contributed by atoms with van der Waals surface area (Å²) in [5.74, 6) is 2.70. The van der Waals surface area contributed by atoms with Crippen LogP contribution in [0.1, 0.15) is 43.1 Å². The highest BCUT2D eigenvalue weighted by Gasteiger charge is 2.31. The van der Waals surface area contributed by atoms with Crippen molar-refractivity contribution in [1.29, 1.82) is 0 Å². The zero-order valence-corrected chi connectivity index (χ0v) is 20.7. The molecular formula is C30H31N3O3. The van der Waals surface area contributed by atoms with Gasteiger partial charge in [0.15, 0.2) is 0 Å². The predicted octanol–water partition coefficient (Wildman–Crippen LogP) is 6.05. The topological polar surface area (TPSA) is 70.6 Å². The lowest BCUT2D eigenvalue weighted by Crippen LogP contribution is -2.25. The molecule has 0 aliphatic carbocycles. The second-order valence-electron chi connectivity index (χ2n) is 9.97. The van der Waals surface area contributed by atoms with E-state index in [9.17, 15) is 5.11 Å². The zero-order chi connectivity index (χ0) is 24.6. The maximum atomic E-state index is 10.2. The number of aromatic nitrogens is 2. The maximum Gasteiger partial charge on any atom is 0.150 e. The first-order valence-electron chi connectivity index (χ1n) is 12.7. The molecule has 0 radical (unpaired) electrons. The molecule has 3 aromatic carbocycles. The number of phenols is 1. The van der Waals surface area contributed by atoms with Crippen molar-refractivity contribution in [3.8, 4) is 17.2 Å². The quantitative estimate of drug-likeness (QED) is 0.351.